The highest BCUT2D eigenvalue weighted by Gasteiger charge is 1.94. The summed E-state index contributed by atoms with van der Waals surface area (Å²) in [5, 5.41) is 18.2. The Morgan fingerprint density at radius 2 is 1.75 bits per heavy atom. The Kier molecular flexibility index (Phi) is 14.2. The number of aliphatic hydroxyl groups is 1. The Morgan fingerprint density at radius 3 is 2.46 bits per heavy atom. The quantitative estimate of drug-likeness (QED) is 0.230. The van der Waals surface area contributed by atoms with Crippen LogP contribution in [-0.2, 0) is 9.59 Å². The molecule has 0 aromatic heterocycles. The summed E-state index contributed by atoms with van der Waals surface area (Å²) in [6.07, 6.45) is 20.7. The number of allylic oxidation sites excluding steroid dienone is 8. The summed E-state index contributed by atoms with van der Waals surface area (Å²) < 4.78 is 0. The van der Waals surface area contributed by atoms with E-state index in [1.54, 1.807) is 24.3 Å². The predicted octanol–water partition coefficient (Wildman–Crippen LogP) is 4.14. The van der Waals surface area contributed by atoms with Gasteiger partial charge in [-0.05, 0) is 44.3 Å². The van der Waals surface area contributed by atoms with Gasteiger partial charge in [0.2, 0.25) is 0 Å². The Balaban J connectivity index is 3.82. The lowest BCUT2D eigenvalue weighted by Gasteiger charge is -1.98. The van der Waals surface area contributed by atoms with E-state index in [0.29, 0.717) is 12.8 Å². The van der Waals surface area contributed by atoms with Crippen molar-refractivity contribution in [2.75, 3.05) is 0 Å². The zero-order valence-electron chi connectivity index (χ0n) is 14.3. The summed E-state index contributed by atoms with van der Waals surface area (Å²) in [5.41, 5.74) is 0. The molecule has 0 amide bonds. The van der Waals surface area contributed by atoms with Crippen LogP contribution in [0, 0.1) is 0 Å². The highest BCUT2D eigenvalue weighted by Crippen LogP contribution is 2.00. The van der Waals surface area contributed by atoms with Crippen LogP contribution in [0.15, 0.2) is 60.8 Å². The average Bonchev–Trinajstić information content (AvgIpc) is 2.55. The minimum atomic E-state index is -0.762. The van der Waals surface area contributed by atoms with Crippen molar-refractivity contribution in [3.8, 4) is 0 Å². The van der Waals surface area contributed by atoms with Crippen molar-refractivity contribution < 1.29 is 19.8 Å². The van der Waals surface area contributed by atoms with Crippen LogP contribution in [-0.4, -0.2) is 28.1 Å². The molecule has 2 N–H and O–H groups in total. The molecule has 132 valence electrons. The number of hydrogen-bond acceptors (Lipinski definition) is 3. The zero-order valence-corrected chi connectivity index (χ0v) is 14.3. The topological polar surface area (TPSA) is 74.6 Å². The Bertz CT molecular complexity index is 496. The van der Waals surface area contributed by atoms with E-state index in [0.717, 1.165) is 19.3 Å². The molecule has 0 unspecified atom stereocenters. The van der Waals surface area contributed by atoms with Crippen molar-refractivity contribution in [2.24, 2.45) is 0 Å². The second-order valence-electron chi connectivity index (χ2n) is 5.22. The van der Waals surface area contributed by atoms with Crippen molar-refractivity contribution in [1.82, 2.24) is 0 Å². The Hall–Kier alpha value is -2.20. The van der Waals surface area contributed by atoms with Gasteiger partial charge in [0, 0.05) is 6.42 Å². The van der Waals surface area contributed by atoms with E-state index in [4.69, 9.17) is 5.11 Å². The summed E-state index contributed by atoms with van der Waals surface area (Å²) in [4.78, 5) is 21.6. The van der Waals surface area contributed by atoms with E-state index in [1.165, 1.54) is 12.2 Å². The van der Waals surface area contributed by atoms with Gasteiger partial charge in [0.15, 0.2) is 5.78 Å². The van der Waals surface area contributed by atoms with Crippen LogP contribution >= 0.6 is 0 Å². The van der Waals surface area contributed by atoms with E-state index < -0.39 is 12.1 Å². The van der Waals surface area contributed by atoms with Gasteiger partial charge in [0.1, 0.15) is 0 Å². The van der Waals surface area contributed by atoms with Crippen LogP contribution in [0.3, 0.4) is 0 Å². The molecule has 24 heavy (non-hydrogen) atoms. The minimum absolute atomic E-state index is 0.0639. The standard InChI is InChI=1S/C20H28O4/c1-2-3-13-18(21)15-11-12-16-19(22)14-9-7-5-4-6-8-10-17-20(23)24/h3-4,6-7,9,11-13,15-16,19,22H,2,5,8,10,14,17H2,1H3,(H,23,24)/b6-4-,9-7-,13-3+,15-11+,16-12+/t19-/m1/s1. The Labute approximate surface area is 144 Å². The molecule has 1 atom stereocenters. The van der Waals surface area contributed by atoms with Crippen molar-refractivity contribution >= 4 is 11.8 Å². The van der Waals surface area contributed by atoms with E-state index in [1.807, 2.05) is 31.2 Å². The highest BCUT2D eigenvalue weighted by atomic mass is 16.4. The summed E-state index contributed by atoms with van der Waals surface area (Å²) in [7, 11) is 0. The molecule has 0 saturated heterocycles. The third-order valence-corrected chi connectivity index (χ3v) is 2.97. The number of hydrogen-bond donors (Lipinski definition) is 2. The van der Waals surface area contributed by atoms with Crippen molar-refractivity contribution in [1.29, 1.82) is 0 Å². The lowest BCUT2D eigenvalue weighted by molar-refractivity contribution is -0.137. The third-order valence-electron chi connectivity index (χ3n) is 2.97. The average molecular weight is 332 g/mol. The molecular weight excluding hydrogens is 304 g/mol. The lowest BCUT2D eigenvalue weighted by atomic mass is 10.2. The molecule has 4 heteroatoms. The van der Waals surface area contributed by atoms with Crippen LogP contribution < -0.4 is 0 Å². The van der Waals surface area contributed by atoms with Gasteiger partial charge in [-0.2, -0.15) is 0 Å². The second kappa shape index (κ2) is 15.7. The molecule has 0 fully saturated rings. The largest absolute Gasteiger partial charge is 0.481 e. The maximum absolute atomic E-state index is 11.3. The van der Waals surface area contributed by atoms with Crippen LogP contribution in [0.25, 0.3) is 0 Å². The number of aliphatic hydroxyl groups excluding tert-OH is 1. The molecule has 0 aliphatic carbocycles. The number of carboxylic acid groups (broad SMARTS) is 1. The van der Waals surface area contributed by atoms with Crippen LogP contribution in [0.4, 0.5) is 0 Å². The number of ketones is 1. The number of carbonyl (C=O) groups excluding carboxylic acids is 1. The monoisotopic (exact) mass is 332 g/mol. The number of unbranched alkanes of at least 4 members (excludes halogenated alkanes) is 1. The Morgan fingerprint density at radius 1 is 1.00 bits per heavy atom. The van der Waals surface area contributed by atoms with Gasteiger partial charge in [0.25, 0.3) is 0 Å². The second-order valence-corrected chi connectivity index (χ2v) is 5.22. The summed E-state index contributed by atoms with van der Waals surface area (Å²) >= 11 is 0. The smallest absolute Gasteiger partial charge is 0.303 e. The molecule has 0 aliphatic heterocycles. The van der Waals surface area contributed by atoms with Crippen molar-refractivity contribution in [2.45, 2.75) is 51.6 Å². The molecule has 0 spiro atoms. The minimum Gasteiger partial charge on any atom is -0.481 e. The van der Waals surface area contributed by atoms with Gasteiger partial charge in [-0.25, -0.2) is 0 Å². The molecule has 0 aliphatic rings. The maximum atomic E-state index is 11.3. The van der Waals surface area contributed by atoms with Crippen molar-refractivity contribution in [3.63, 3.8) is 0 Å². The molecule has 0 bridgehead atoms. The van der Waals surface area contributed by atoms with Gasteiger partial charge >= 0.3 is 5.97 Å². The van der Waals surface area contributed by atoms with Gasteiger partial charge in [-0.3, -0.25) is 9.59 Å². The number of rotatable bonds is 13. The van der Waals surface area contributed by atoms with Gasteiger partial charge in [-0.1, -0.05) is 55.5 Å². The molecule has 0 saturated carbocycles. The van der Waals surface area contributed by atoms with Gasteiger partial charge in [-0.15, -0.1) is 0 Å². The number of carboxylic acids is 1. The fourth-order valence-electron chi connectivity index (χ4n) is 1.71. The van der Waals surface area contributed by atoms with Gasteiger partial charge in [0.05, 0.1) is 6.10 Å². The first-order valence-electron chi connectivity index (χ1n) is 8.31. The first kappa shape index (κ1) is 21.8. The molecule has 0 heterocycles. The first-order chi connectivity index (χ1) is 11.6. The van der Waals surface area contributed by atoms with Crippen LogP contribution in [0.1, 0.15) is 45.4 Å². The fourth-order valence-corrected chi connectivity index (χ4v) is 1.71. The first-order valence-corrected chi connectivity index (χ1v) is 8.31. The fraction of sp³-hybridized carbons (Fsp3) is 0.400. The molecule has 0 rings (SSSR count). The van der Waals surface area contributed by atoms with Gasteiger partial charge < -0.3 is 10.2 Å². The molecule has 0 radical (unpaired) electrons. The SMILES string of the molecule is CC/C=C/C(=O)/C=C/C=C/[C@H](O)C/C=C\C/C=C\CCCC(=O)O. The predicted molar refractivity (Wildman–Crippen MR) is 97.7 cm³/mol. The lowest BCUT2D eigenvalue weighted by Crippen LogP contribution is -1.98. The summed E-state index contributed by atoms with van der Waals surface area (Å²) in [6.45, 7) is 1.96. The normalized spacial score (nSPS) is 13.9. The number of carbonyl (C=O) groups is 2. The number of aliphatic carboxylic acids is 1. The van der Waals surface area contributed by atoms with E-state index in [9.17, 15) is 14.7 Å². The van der Waals surface area contributed by atoms with Crippen LogP contribution in [0.5, 0.6) is 0 Å². The van der Waals surface area contributed by atoms with E-state index >= 15 is 0 Å². The van der Waals surface area contributed by atoms with E-state index in [2.05, 4.69) is 0 Å². The van der Waals surface area contributed by atoms with E-state index in [-0.39, 0.29) is 12.2 Å². The maximum Gasteiger partial charge on any atom is 0.303 e. The molecular formula is C20H28O4. The summed E-state index contributed by atoms with van der Waals surface area (Å²) in [5.74, 6) is -0.826. The molecule has 0 aromatic rings. The molecule has 4 nitrogen and oxygen atoms in total. The highest BCUT2D eigenvalue weighted by molar-refractivity contribution is 5.99. The summed E-state index contributed by atoms with van der Waals surface area (Å²) in [6, 6.07) is 0. The molecule has 0 aromatic carbocycles. The van der Waals surface area contributed by atoms with Crippen molar-refractivity contribution in [3.05, 3.63) is 60.8 Å². The van der Waals surface area contributed by atoms with Crippen LogP contribution in [0.2, 0.25) is 0 Å². The zero-order chi connectivity index (χ0) is 18.0. The third kappa shape index (κ3) is 16.2.